The van der Waals surface area contributed by atoms with E-state index in [1.54, 1.807) is 0 Å². The molecule has 0 aliphatic heterocycles. The normalized spacial score (nSPS) is 14.4. The zero-order valence-corrected chi connectivity index (χ0v) is 15.3. The molecule has 0 aliphatic carbocycles. The summed E-state index contributed by atoms with van der Waals surface area (Å²) in [6.45, 7) is 9.02. The number of unbranched alkanes of at least 4 members (excludes halogenated alkanes) is 5. The highest BCUT2D eigenvalue weighted by Gasteiger charge is 2.27. The van der Waals surface area contributed by atoms with Gasteiger partial charge in [0.25, 0.3) is 0 Å². The van der Waals surface area contributed by atoms with Gasteiger partial charge < -0.3 is 4.57 Å². The van der Waals surface area contributed by atoms with E-state index < -0.39 is 0 Å². The van der Waals surface area contributed by atoms with E-state index in [0.717, 1.165) is 10.4 Å². The number of aromatic nitrogens is 2. The molecule has 1 aromatic heterocycles. The van der Waals surface area contributed by atoms with Crippen LogP contribution in [0.25, 0.3) is 0 Å². The summed E-state index contributed by atoms with van der Waals surface area (Å²) in [7, 11) is 0. The van der Waals surface area contributed by atoms with Gasteiger partial charge in [0, 0.05) is 11.7 Å². The average molecular weight is 343 g/mol. The van der Waals surface area contributed by atoms with E-state index in [9.17, 15) is 0 Å². The number of nitrogens with zero attached hydrogens (tertiary/aromatic N) is 2. The minimum Gasteiger partial charge on any atom is -0.320 e. The molecule has 0 aromatic carbocycles. The van der Waals surface area contributed by atoms with Gasteiger partial charge in [-0.3, -0.25) is 0 Å². The summed E-state index contributed by atoms with van der Waals surface area (Å²) < 4.78 is 3.35. The molecule has 0 N–H and O–H groups in total. The second-order valence-electron chi connectivity index (χ2n) is 6.29. The molecule has 0 saturated heterocycles. The van der Waals surface area contributed by atoms with Gasteiger partial charge in [0.2, 0.25) is 0 Å². The summed E-state index contributed by atoms with van der Waals surface area (Å²) >= 11 is 3.63. The fourth-order valence-corrected chi connectivity index (χ4v) is 3.69. The van der Waals surface area contributed by atoms with Crippen molar-refractivity contribution >= 4 is 15.9 Å². The topological polar surface area (TPSA) is 17.8 Å². The number of imidazole rings is 1. The molecular formula is C17H31BrN2. The summed E-state index contributed by atoms with van der Waals surface area (Å²) in [5.41, 5.74) is 1.31. The molecule has 1 heterocycles. The quantitative estimate of drug-likeness (QED) is 0.461. The first kappa shape index (κ1) is 17.7. The molecular weight excluding hydrogens is 312 g/mol. The molecule has 1 atom stereocenters. The molecule has 1 aromatic rings. The van der Waals surface area contributed by atoms with Gasteiger partial charge in [-0.2, -0.15) is 0 Å². The fraction of sp³-hybridized carbons (Fsp3) is 0.824. The first-order valence-corrected chi connectivity index (χ1v) is 9.04. The Balaban J connectivity index is 2.68. The van der Waals surface area contributed by atoms with Crippen LogP contribution in [0.1, 0.15) is 84.3 Å². The molecule has 1 unspecified atom stereocenters. The maximum atomic E-state index is 4.52. The lowest BCUT2D eigenvalue weighted by atomic mass is 9.88. The first-order valence-electron chi connectivity index (χ1n) is 8.25. The van der Waals surface area contributed by atoms with Gasteiger partial charge in [0.15, 0.2) is 4.73 Å². The Morgan fingerprint density at radius 1 is 1.05 bits per heavy atom. The van der Waals surface area contributed by atoms with Crippen LogP contribution in [0.5, 0.6) is 0 Å². The summed E-state index contributed by atoms with van der Waals surface area (Å²) in [5, 5.41) is 0. The lowest BCUT2D eigenvalue weighted by Gasteiger charge is -2.32. The van der Waals surface area contributed by atoms with Crippen LogP contribution in [-0.2, 0) is 5.54 Å². The van der Waals surface area contributed by atoms with Crippen LogP contribution in [0.15, 0.2) is 10.9 Å². The summed E-state index contributed by atoms with van der Waals surface area (Å²) in [6.07, 6.45) is 14.0. The maximum Gasteiger partial charge on any atom is 0.177 e. The Labute approximate surface area is 133 Å². The number of rotatable bonds is 10. The molecule has 3 heteroatoms. The van der Waals surface area contributed by atoms with Crippen molar-refractivity contribution in [3.63, 3.8) is 0 Å². The highest BCUT2D eigenvalue weighted by molar-refractivity contribution is 9.10. The highest BCUT2D eigenvalue weighted by Crippen LogP contribution is 2.33. The van der Waals surface area contributed by atoms with Crippen molar-refractivity contribution in [2.24, 2.45) is 0 Å². The van der Waals surface area contributed by atoms with Crippen LogP contribution in [0.4, 0.5) is 0 Å². The van der Waals surface area contributed by atoms with E-state index >= 15 is 0 Å². The van der Waals surface area contributed by atoms with Crippen LogP contribution in [0.3, 0.4) is 0 Å². The summed E-state index contributed by atoms with van der Waals surface area (Å²) in [5.74, 6) is 0. The minimum absolute atomic E-state index is 0.211. The van der Waals surface area contributed by atoms with Gasteiger partial charge in [0.05, 0.1) is 5.69 Å². The van der Waals surface area contributed by atoms with Gasteiger partial charge >= 0.3 is 0 Å². The number of hydrogen-bond acceptors (Lipinski definition) is 1. The predicted molar refractivity (Wildman–Crippen MR) is 91.2 cm³/mol. The van der Waals surface area contributed by atoms with Crippen molar-refractivity contribution in [1.29, 1.82) is 0 Å². The van der Waals surface area contributed by atoms with Crippen molar-refractivity contribution in [1.82, 2.24) is 9.55 Å². The molecule has 0 bridgehead atoms. The molecule has 0 fully saturated rings. The second kappa shape index (κ2) is 8.86. The zero-order chi connectivity index (χ0) is 15.0. The van der Waals surface area contributed by atoms with E-state index in [4.69, 9.17) is 0 Å². The third kappa shape index (κ3) is 5.23. The third-order valence-electron chi connectivity index (χ3n) is 4.25. The molecule has 20 heavy (non-hydrogen) atoms. The third-order valence-corrected chi connectivity index (χ3v) is 4.81. The standard InChI is InChI=1S/C17H31BrN2/c1-5-7-9-10-11-13-17(4,12-8-6-2)20-14-15(3)19-16(20)18/h14H,5-13H2,1-4H3. The fourth-order valence-electron chi connectivity index (χ4n) is 2.88. The first-order chi connectivity index (χ1) is 9.53. The molecule has 0 spiro atoms. The Kier molecular flexibility index (Phi) is 7.86. The van der Waals surface area contributed by atoms with E-state index in [1.165, 1.54) is 57.8 Å². The van der Waals surface area contributed by atoms with E-state index in [1.807, 2.05) is 0 Å². The van der Waals surface area contributed by atoms with Crippen LogP contribution >= 0.6 is 15.9 Å². The molecule has 1 rings (SSSR count). The van der Waals surface area contributed by atoms with E-state index in [-0.39, 0.29) is 5.54 Å². The second-order valence-corrected chi connectivity index (χ2v) is 7.00. The Morgan fingerprint density at radius 3 is 2.20 bits per heavy atom. The highest BCUT2D eigenvalue weighted by atomic mass is 79.9. The van der Waals surface area contributed by atoms with Crippen LogP contribution in [0.2, 0.25) is 0 Å². The minimum atomic E-state index is 0.211. The van der Waals surface area contributed by atoms with Crippen molar-refractivity contribution in [3.8, 4) is 0 Å². The van der Waals surface area contributed by atoms with Crippen molar-refractivity contribution in [2.45, 2.75) is 91.0 Å². The molecule has 0 saturated carbocycles. The molecule has 0 amide bonds. The lowest BCUT2D eigenvalue weighted by Crippen LogP contribution is -2.30. The number of hydrogen-bond donors (Lipinski definition) is 0. The van der Waals surface area contributed by atoms with Gasteiger partial charge in [-0.05, 0) is 42.6 Å². The molecule has 0 radical (unpaired) electrons. The number of aryl methyl sites for hydroxylation is 1. The maximum absolute atomic E-state index is 4.52. The monoisotopic (exact) mass is 342 g/mol. The summed E-state index contributed by atoms with van der Waals surface area (Å²) in [6, 6.07) is 0. The number of halogens is 1. The molecule has 116 valence electrons. The largest absolute Gasteiger partial charge is 0.320 e. The van der Waals surface area contributed by atoms with Crippen molar-refractivity contribution < 1.29 is 0 Å². The van der Waals surface area contributed by atoms with E-state index in [0.29, 0.717) is 0 Å². The average Bonchev–Trinajstić information content (AvgIpc) is 2.76. The summed E-state index contributed by atoms with van der Waals surface area (Å²) in [4.78, 5) is 4.52. The SMILES string of the molecule is CCCCCCCC(C)(CCCC)n1cc(C)nc1Br. The zero-order valence-electron chi connectivity index (χ0n) is 13.7. The van der Waals surface area contributed by atoms with Gasteiger partial charge in [-0.15, -0.1) is 0 Å². The van der Waals surface area contributed by atoms with Gasteiger partial charge in [0.1, 0.15) is 0 Å². The molecule has 0 aliphatic rings. The Hall–Kier alpha value is -0.310. The Bertz CT molecular complexity index is 386. The smallest absolute Gasteiger partial charge is 0.177 e. The van der Waals surface area contributed by atoms with Crippen LogP contribution in [-0.4, -0.2) is 9.55 Å². The van der Waals surface area contributed by atoms with Gasteiger partial charge in [-0.1, -0.05) is 58.8 Å². The lowest BCUT2D eigenvalue weighted by molar-refractivity contribution is 0.248. The van der Waals surface area contributed by atoms with E-state index in [2.05, 4.69) is 59.4 Å². The predicted octanol–water partition coefficient (Wildman–Crippen LogP) is 6.22. The van der Waals surface area contributed by atoms with Crippen LogP contribution in [0, 0.1) is 6.92 Å². The Morgan fingerprint density at radius 2 is 1.65 bits per heavy atom. The molecule has 2 nitrogen and oxygen atoms in total. The van der Waals surface area contributed by atoms with Gasteiger partial charge in [-0.25, -0.2) is 4.98 Å². The van der Waals surface area contributed by atoms with Crippen molar-refractivity contribution in [3.05, 3.63) is 16.6 Å². The van der Waals surface area contributed by atoms with Crippen LogP contribution < -0.4 is 0 Å². The van der Waals surface area contributed by atoms with Crippen molar-refractivity contribution in [2.75, 3.05) is 0 Å².